The molecule has 0 saturated heterocycles. The van der Waals surface area contributed by atoms with Crippen molar-refractivity contribution < 1.29 is 4.74 Å². The lowest BCUT2D eigenvalue weighted by molar-refractivity contribution is 0.379. The minimum atomic E-state index is 0.347. The number of nitrogens with one attached hydrogen (secondary N) is 1. The second kappa shape index (κ2) is 5.95. The second-order valence-electron chi connectivity index (χ2n) is 4.19. The van der Waals surface area contributed by atoms with E-state index in [1.165, 1.54) is 12.7 Å². The van der Waals surface area contributed by atoms with E-state index < -0.39 is 0 Å². The number of hydrogen-bond donors (Lipinski definition) is 1. The van der Waals surface area contributed by atoms with Crippen molar-refractivity contribution >= 4 is 11.9 Å². The van der Waals surface area contributed by atoms with Crippen molar-refractivity contribution in [3.8, 4) is 6.01 Å². The molecular weight excluding hydrogens is 240 g/mol. The van der Waals surface area contributed by atoms with Crippen molar-refractivity contribution in [2.45, 2.75) is 13.8 Å². The Kier molecular flexibility index (Phi) is 4.07. The summed E-state index contributed by atoms with van der Waals surface area (Å²) in [5, 5.41) is 4.16. The van der Waals surface area contributed by atoms with Gasteiger partial charge in [-0.15, -0.1) is 0 Å². The summed E-state index contributed by atoms with van der Waals surface area (Å²) in [6, 6.07) is 6.50. The topological polar surface area (TPSA) is 59.4 Å². The van der Waals surface area contributed by atoms with Gasteiger partial charge in [0.1, 0.15) is 0 Å². The number of anilines is 1. The van der Waals surface area contributed by atoms with Crippen LogP contribution in [-0.2, 0) is 0 Å². The fraction of sp³-hybridized carbons (Fsp3) is 0.214. The summed E-state index contributed by atoms with van der Waals surface area (Å²) in [6.45, 7) is 4.11. The van der Waals surface area contributed by atoms with E-state index in [4.69, 9.17) is 4.74 Å². The van der Waals surface area contributed by atoms with Gasteiger partial charge in [0.05, 0.1) is 19.0 Å². The van der Waals surface area contributed by atoms with Gasteiger partial charge in [0.15, 0.2) is 0 Å². The Morgan fingerprint density at radius 2 is 1.95 bits per heavy atom. The fourth-order valence-corrected chi connectivity index (χ4v) is 1.61. The summed E-state index contributed by atoms with van der Waals surface area (Å²) in [7, 11) is 1.53. The molecule has 5 heteroatoms. The van der Waals surface area contributed by atoms with Crippen molar-refractivity contribution in [3.63, 3.8) is 0 Å². The van der Waals surface area contributed by atoms with E-state index in [1.807, 2.05) is 19.1 Å². The first-order chi connectivity index (χ1) is 9.19. The van der Waals surface area contributed by atoms with Crippen LogP contribution in [0.15, 0.2) is 35.7 Å². The van der Waals surface area contributed by atoms with Gasteiger partial charge in [0.2, 0.25) is 0 Å². The van der Waals surface area contributed by atoms with Gasteiger partial charge in [-0.25, -0.2) is 9.97 Å². The van der Waals surface area contributed by atoms with Crippen LogP contribution in [-0.4, -0.2) is 23.3 Å². The molecule has 1 aromatic heterocycles. The van der Waals surface area contributed by atoms with Gasteiger partial charge in [-0.1, -0.05) is 17.7 Å². The highest BCUT2D eigenvalue weighted by Gasteiger charge is 1.96. The normalized spacial score (nSPS) is 10.7. The Hall–Kier alpha value is -2.43. The first-order valence-electron chi connectivity index (χ1n) is 5.91. The maximum absolute atomic E-state index is 4.89. The van der Waals surface area contributed by atoms with Crippen molar-refractivity contribution in [2.24, 2.45) is 5.10 Å². The lowest BCUT2D eigenvalue weighted by atomic mass is 10.1. The molecule has 0 aliphatic rings. The number of methoxy groups -OCH3 is 1. The van der Waals surface area contributed by atoms with Crippen LogP contribution in [0, 0.1) is 13.8 Å². The minimum Gasteiger partial charge on any atom is -0.467 e. The molecule has 1 N–H and O–H groups in total. The van der Waals surface area contributed by atoms with Crippen LogP contribution in [0.5, 0.6) is 6.01 Å². The summed E-state index contributed by atoms with van der Waals surface area (Å²) in [5.41, 5.74) is 7.17. The zero-order valence-electron chi connectivity index (χ0n) is 11.2. The number of hydrazone groups is 1. The summed E-state index contributed by atoms with van der Waals surface area (Å²) < 4.78 is 4.89. The molecule has 19 heavy (non-hydrogen) atoms. The van der Waals surface area contributed by atoms with Crippen molar-refractivity contribution in [2.75, 3.05) is 12.5 Å². The summed E-state index contributed by atoms with van der Waals surface area (Å²) in [4.78, 5) is 8.00. The molecule has 0 unspecified atom stereocenters. The first kappa shape index (κ1) is 13.0. The number of nitrogens with zero attached hydrogens (tertiary/aromatic N) is 3. The van der Waals surface area contributed by atoms with E-state index in [-0.39, 0.29) is 0 Å². The molecule has 0 radical (unpaired) electrons. The standard InChI is InChI=1S/C14H16N4O/c1-10-4-5-13(11(2)6-10)18-17-9-12-7-15-14(19-3)16-8-12/h4-9,18H,1-3H3/b17-9+. The highest BCUT2D eigenvalue weighted by atomic mass is 16.5. The van der Waals surface area contributed by atoms with Gasteiger partial charge >= 0.3 is 6.01 Å². The monoisotopic (exact) mass is 256 g/mol. The van der Waals surface area contributed by atoms with Crippen LogP contribution in [0.2, 0.25) is 0 Å². The molecule has 0 amide bonds. The number of hydrogen-bond acceptors (Lipinski definition) is 5. The van der Waals surface area contributed by atoms with Gasteiger partial charge < -0.3 is 4.74 Å². The highest BCUT2D eigenvalue weighted by Crippen LogP contribution is 2.15. The summed E-state index contributed by atoms with van der Waals surface area (Å²) in [6.07, 6.45) is 4.97. The van der Waals surface area contributed by atoms with Crippen molar-refractivity contribution in [3.05, 3.63) is 47.3 Å². The molecule has 2 rings (SSSR count). The van der Waals surface area contributed by atoms with E-state index >= 15 is 0 Å². The van der Waals surface area contributed by atoms with Crippen LogP contribution in [0.3, 0.4) is 0 Å². The van der Waals surface area contributed by atoms with Crippen molar-refractivity contribution in [1.82, 2.24) is 9.97 Å². The highest BCUT2D eigenvalue weighted by molar-refractivity contribution is 5.79. The Labute approximate surface area is 112 Å². The van der Waals surface area contributed by atoms with E-state index in [1.54, 1.807) is 18.6 Å². The smallest absolute Gasteiger partial charge is 0.316 e. The molecule has 0 spiro atoms. The fourth-order valence-electron chi connectivity index (χ4n) is 1.61. The van der Waals surface area contributed by atoms with Crippen LogP contribution in [0.25, 0.3) is 0 Å². The SMILES string of the molecule is COc1ncc(/C=N/Nc2ccc(C)cc2C)cn1. The quantitative estimate of drug-likeness (QED) is 0.674. The van der Waals surface area contributed by atoms with E-state index in [0.717, 1.165) is 16.8 Å². The average Bonchev–Trinajstić information content (AvgIpc) is 2.42. The van der Waals surface area contributed by atoms with Crippen LogP contribution < -0.4 is 10.2 Å². The number of rotatable bonds is 4. The molecule has 0 atom stereocenters. The Balaban J connectivity index is 2.02. The largest absolute Gasteiger partial charge is 0.467 e. The van der Waals surface area contributed by atoms with Gasteiger partial charge in [-0.2, -0.15) is 5.10 Å². The third kappa shape index (κ3) is 3.51. The van der Waals surface area contributed by atoms with Crippen LogP contribution in [0.4, 0.5) is 5.69 Å². The Bertz CT molecular complexity index is 578. The number of benzene rings is 1. The zero-order valence-corrected chi connectivity index (χ0v) is 11.2. The zero-order chi connectivity index (χ0) is 13.7. The Morgan fingerprint density at radius 1 is 1.21 bits per heavy atom. The van der Waals surface area contributed by atoms with E-state index in [0.29, 0.717) is 6.01 Å². The number of ether oxygens (including phenoxy) is 1. The summed E-state index contributed by atoms with van der Waals surface area (Å²) in [5.74, 6) is 0. The molecule has 1 heterocycles. The molecule has 1 aromatic carbocycles. The third-order valence-corrected chi connectivity index (χ3v) is 2.61. The van der Waals surface area contributed by atoms with Crippen LogP contribution >= 0.6 is 0 Å². The maximum Gasteiger partial charge on any atom is 0.316 e. The number of aromatic nitrogens is 2. The van der Waals surface area contributed by atoms with E-state index in [9.17, 15) is 0 Å². The van der Waals surface area contributed by atoms with E-state index in [2.05, 4.69) is 33.5 Å². The molecule has 2 aromatic rings. The molecule has 0 fully saturated rings. The molecular formula is C14H16N4O. The molecule has 0 aliphatic carbocycles. The predicted molar refractivity (Wildman–Crippen MR) is 75.7 cm³/mol. The molecule has 5 nitrogen and oxygen atoms in total. The Morgan fingerprint density at radius 3 is 2.58 bits per heavy atom. The lowest BCUT2D eigenvalue weighted by Crippen LogP contribution is -1.96. The van der Waals surface area contributed by atoms with Gasteiger partial charge in [-0.3, -0.25) is 5.43 Å². The number of aryl methyl sites for hydroxylation is 2. The predicted octanol–water partition coefficient (Wildman–Crippen LogP) is 2.55. The lowest BCUT2D eigenvalue weighted by Gasteiger charge is -2.05. The van der Waals surface area contributed by atoms with Crippen LogP contribution in [0.1, 0.15) is 16.7 Å². The van der Waals surface area contributed by atoms with Gasteiger partial charge in [0.25, 0.3) is 0 Å². The average molecular weight is 256 g/mol. The van der Waals surface area contributed by atoms with Gasteiger partial charge in [-0.05, 0) is 25.5 Å². The van der Waals surface area contributed by atoms with Gasteiger partial charge in [0, 0.05) is 18.0 Å². The molecule has 0 saturated carbocycles. The summed E-state index contributed by atoms with van der Waals surface area (Å²) >= 11 is 0. The second-order valence-corrected chi connectivity index (χ2v) is 4.19. The molecule has 0 bridgehead atoms. The maximum atomic E-state index is 4.89. The molecule has 98 valence electrons. The van der Waals surface area contributed by atoms with Crippen molar-refractivity contribution in [1.29, 1.82) is 0 Å². The molecule has 0 aliphatic heterocycles. The first-order valence-corrected chi connectivity index (χ1v) is 5.91. The minimum absolute atomic E-state index is 0.347. The third-order valence-electron chi connectivity index (χ3n) is 2.61.